The van der Waals surface area contributed by atoms with Crippen molar-refractivity contribution in [3.8, 4) is 11.5 Å². The fourth-order valence-corrected chi connectivity index (χ4v) is 3.41. The number of hydrogen-bond donors (Lipinski definition) is 2. The first-order chi connectivity index (χ1) is 14.6. The zero-order chi connectivity index (χ0) is 21.1. The molecule has 0 unspecified atom stereocenters. The molecule has 0 saturated heterocycles. The predicted octanol–water partition coefficient (Wildman–Crippen LogP) is 2.95. The third-order valence-corrected chi connectivity index (χ3v) is 4.95. The average Bonchev–Trinajstić information content (AvgIpc) is 3.18. The lowest BCUT2D eigenvalue weighted by molar-refractivity contribution is 0.352. The van der Waals surface area contributed by atoms with E-state index >= 15 is 0 Å². The van der Waals surface area contributed by atoms with Gasteiger partial charge in [0.1, 0.15) is 0 Å². The molecule has 0 atom stereocenters. The highest BCUT2D eigenvalue weighted by molar-refractivity contribution is 5.48. The first-order valence-corrected chi connectivity index (χ1v) is 9.56. The molecule has 0 bridgehead atoms. The number of rotatable bonds is 7. The van der Waals surface area contributed by atoms with Gasteiger partial charge in [-0.3, -0.25) is 9.89 Å². The SMILES string of the molecule is COc1cccc(CNc2nc3nc(C)c(Cc4ccccc4)c(=O)n3[nH]2)c1OC. The molecule has 0 radical (unpaired) electrons. The van der Waals surface area contributed by atoms with Gasteiger partial charge < -0.3 is 14.8 Å². The van der Waals surface area contributed by atoms with Gasteiger partial charge in [-0.2, -0.15) is 9.50 Å². The number of nitrogens with one attached hydrogen (secondary N) is 2. The first-order valence-electron chi connectivity index (χ1n) is 9.56. The molecule has 2 aromatic carbocycles. The molecule has 2 heterocycles. The summed E-state index contributed by atoms with van der Waals surface area (Å²) in [7, 11) is 3.20. The van der Waals surface area contributed by atoms with Gasteiger partial charge in [0.25, 0.3) is 11.3 Å². The molecule has 0 saturated carbocycles. The quantitative estimate of drug-likeness (QED) is 0.491. The third-order valence-electron chi connectivity index (χ3n) is 4.95. The standard InChI is InChI=1S/C22H23N5O3/c1-14-17(12-15-8-5-4-6-9-15)20(28)27-22(24-14)25-21(26-27)23-13-16-10-7-11-18(29-2)19(16)30-3/h4-11H,12-13H2,1-3H3,(H2,23,24,25,26). The van der Waals surface area contributed by atoms with E-state index in [1.807, 2.05) is 55.5 Å². The Hall–Kier alpha value is -3.81. The highest BCUT2D eigenvalue weighted by Crippen LogP contribution is 2.30. The second-order valence-corrected chi connectivity index (χ2v) is 6.86. The van der Waals surface area contributed by atoms with Crippen molar-refractivity contribution in [1.29, 1.82) is 0 Å². The summed E-state index contributed by atoms with van der Waals surface area (Å²) in [5.74, 6) is 2.08. The van der Waals surface area contributed by atoms with Crippen LogP contribution in [0.25, 0.3) is 5.78 Å². The molecule has 0 spiro atoms. The molecular weight excluding hydrogens is 382 g/mol. The fourth-order valence-electron chi connectivity index (χ4n) is 3.41. The number of benzene rings is 2. The molecule has 0 fully saturated rings. The number of methoxy groups -OCH3 is 2. The van der Waals surface area contributed by atoms with Crippen LogP contribution in [0.1, 0.15) is 22.4 Å². The van der Waals surface area contributed by atoms with Crippen LogP contribution < -0.4 is 20.3 Å². The molecular formula is C22H23N5O3. The van der Waals surface area contributed by atoms with Crippen molar-refractivity contribution in [3.05, 3.63) is 81.3 Å². The lowest BCUT2D eigenvalue weighted by atomic mass is 10.1. The van der Waals surface area contributed by atoms with Crippen LogP contribution in [-0.2, 0) is 13.0 Å². The molecule has 30 heavy (non-hydrogen) atoms. The maximum atomic E-state index is 13.0. The maximum Gasteiger partial charge on any atom is 0.277 e. The van der Waals surface area contributed by atoms with Crippen LogP contribution in [0, 0.1) is 6.92 Å². The number of nitrogens with zero attached hydrogens (tertiary/aromatic N) is 3. The summed E-state index contributed by atoms with van der Waals surface area (Å²) in [6.07, 6.45) is 0.518. The van der Waals surface area contributed by atoms with Crippen LogP contribution in [-0.4, -0.2) is 33.8 Å². The molecule has 2 aromatic heterocycles. The van der Waals surface area contributed by atoms with Crippen molar-refractivity contribution in [2.75, 3.05) is 19.5 Å². The largest absolute Gasteiger partial charge is 0.493 e. The minimum absolute atomic E-state index is 0.152. The number of aromatic amines is 1. The van der Waals surface area contributed by atoms with E-state index < -0.39 is 0 Å². The van der Waals surface area contributed by atoms with Crippen LogP contribution in [0.15, 0.2) is 53.3 Å². The van der Waals surface area contributed by atoms with E-state index in [0.29, 0.717) is 47.4 Å². The molecule has 0 aliphatic rings. The van der Waals surface area contributed by atoms with Gasteiger partial charge in [-0.05, 0) is 18.6 Å². The number of ether oxygens (including phenoxy) is 2. The van der Waals surface area contributed by atoms with Crippen LogP contribution in [0.3, 0.4) is 0 Å². The van der Waals surface area contributed by atoms with Gasteiger partial charge in [0.2, 0.25) is 5.95 Å². The molecule has 0 amide bonds. The zero-order valence-electron chi connectivity index (χ0n) is 17.1. The first kappa shape index (κ1) is 19.5. The fraction of sp³-hybridized carbons (Fsp3) is 0.227. The van der Waals surface area contributed by atoms with Crippen molar-refractivity contribution in [1.82, 2.24) is 19.6 Å². The van der Waals surface area contributed by atoms with E-state index in [1.165, 1.54) is 4.52 Å². The molecule has 0 aliphatic heterocycles. The van der Waals surface area contributed by atoms with Crippen LogP contribution in [0.5, 0.6) is 11.5 Å². The van der Waals surface area contributed by atoms with Crippen molar-refractivity contribution in [2.45, 2.75) is 19.9 Å². The van der Waals surface area contributed by atoms with Gasteiger partial charge >= 0.3 is 0 Å². The highest BCUT2D eigenvalue weighted by Gasteiger charge is 2.15. The number of aryl methyl sites for hydroxylation is 1. The van der Waals surface area contributed by atoms with Gasteiger partial charge in [-0.1, -0.05) is 42.5 Å². The van der Waals surface area contributed by atoms with Gasteiger partial charge in [-0.25, -0.2) is 4.98 Å². The number of H-pyrrole nitrogens is 1. The number of anilines is 1. The summed E-state index contributed by atoms with van der Waals surface area (Å²) in [4.78, 5) is 21.9. The van der Waals surface area contributed by atoms with Crippen LogP contribution in [0.2, 0.25) is 0 Å². The van der Waals surface area contributed by atoms with Crippen LogP contribution >= 0.6 is 0 Å². The van der Waals surface area contributed by atoms with Crippen LogP contribution in [0.4, 0.5) is 5.95 Å². The lowest BCUT2D eigenvalue weighted by Gasteiger charge is -2.12. The van der Waals surface area contributed by atoms with E-state index in [0.717, 1.165) is 11.1 Å². The Kier molecular flexibility index (Phi) is 5.38. The van der Waals surface area contributed by atoms with E-state index in [-0.39, 0.29) is 5.56 Å². The van der Waals surface area contributed by atoms with Crippen molar-refractivity contribution < 1.29 is 9.47 Å². The smallest absolute Gasteiger partial charge is 0.277 e. The molecule has 8 nitrogen and oxygen atoms in total. The number of hydrogen-bond acceptors (Lipinski definition) is 6. The zero-order valence-corrected chi connectivity index (χ0v) is 17.1. The summed E-state index contributed by atoms with van der Waals surface area (Å²) in [5, 5.41) is 6.19. The Bertz CT molecular complexity index is 1230. The number of para-hydroxylation sites is 1. The summed E-state index contributed by atoms with van der Waals surface area (Å²) < 4.78 is 12.2. The van der Waals surface area contributed by atoms with E-state index in [2.05, 4.69) is 20.4 Å². The van der Waals surface area contributed by atoms with Crippen molar-refractivity contribution in [3.63, 3.8) is 0 Å². The Labute approximate surface area is 173 Å². The minimum Gasteiger partial charge on any atom is -0.493 e. The van der Waals surface area contributed by atoms with Gasteiger partial charge in [0.05, 0.1) is 19.9 Å². The Morgan fingerprint density at radius 1 is 1.03 bits per heavy atom. The van der Waals surface area contributed by atoms with E-state index in [9.17, 15) is 4.79 Å². The Morgan fingerprint density at radius 3 is 2.57 bits per heavy atom. The molecule has 154 valence electrons. The van der Waals surface area contributed by atoms with Crippen molar-refractivity contribution >= 4 is 11.7 Å². The van der Waals surface area contributed by atoms with E-state index in [4.69, 9.17) is 9.47 Å². The average molecular weight is 405 g/mol. The molecule has 8 heteroatoms. The highest BCUT2D eigenvalue weighted by atomic mass is 16.5. The van der Waals surface area contributed by atoms with Crippen molar-refractivity contribution in [2.24, 2.45) is 0 Å². The number of aromatic nitrogens is 4. The summed E-state index contributed by atoms with van der Waals surface area (Å²) in [6, 6.07) is 15.5. The predicted molar refractivity (Wildman–Crippen MR) is 114 cm³/mol. The monoisotopic (exact) mass is 405 g/mol. The van der Waals surface area contributed by atoms with Gasteiger partial charge in [-0.15, -0.1) is 0 Å². The molecule has 4 aromatic rings. The minimum atomic E-state index is -0.152. The summed E-state index contributed by atoms with van der Waals surface area (Å²) in [6.45, 7) is 2.27. The van der Waals surface area contributed by atoms with Gasteiger partial charge in [0.15, 0.2) is 11.5 Å². The second kappa shape index (κ2) is 8.28. The second-order valence-electron chi connectivity index (χ2n) is 6.86. The Morgan fingerprint density at radius 2 is 1.83 bits per heavy atom. The molecule has 2 N–H and O–H groups in total. The topological polar surface area (TPSA) is 93.5 Å². The van der Waals surface area contributed by atoms with E-state index in [1.54, 1.807) is 14.2 Å². The lowest BCUT2D eigenvalue weighted by Crippen LogP contribution is -2.22. The summed E-state index contributed by atoms with van der Waals surface area (Å²) >= 11 is 0. The normalized spacial score (nSPS) is 10.9. The van der Waals surface area contributed by atoms with Gasteiger partial charge in [0, 0.05) is 24.1 Å². The molecule has 4 rings (SSSR count). The third kappa shape index (κ3) is 3.71. The number of fused-ring (bicyclic) bond motifs is 1. The Balaban J connectivity index is 1.61. The molecule has 0 aliphatic carbocycles. The summed E-state index contributed by atoms with van der Waals surface area (Å²) in [5.41, 5.74) is 3.13. The maximum absolute atomic E-state index is 13.0.